The third-order valence-electron chi connectivity index (χ3n) is 4.87. The molecule has 2 heterocycles. The Morgan fingerprint density at radius 2 is 2.15 bits per heavy atom. The van der Waals surface area contributed by atoms with Crippen LogP contribution in [0.5, 0.6) is 0 Å². The lowest BCUT2D eigenvalue weighted by Crippen LogP contribution is -2.56. The molecule has 0 saturated carbocycles. The number of morpholine rings is 1. The fourth-order valence-electron chi connectivity index (χ4n) is 3.38. The molecule has 0 aliphatic carbocycles. The lowest BCUT2D eigenvalue weighted by Gasteiger charge is -2.42. The minimum atomic E-state index is -0.717. The van der Waals surface area contributed by atoms with Gasteiger partial charge in [0.15, 0.2) is 0 Å². The highest BCUT2D eigenvalue weighted by Gasteiger charge is 2.37. The lowest BCUT2D eigenvalue weighted by atomic mass is 9.92. The van der Waals surface area contributed by atoms with Crippen molar-refractivity contribution < 1.29 is 14.6 Å². The molecular formula is C20H27N3O3. The summed E-state index contributed by atoms with van der Waals surface area (Å²) >= 11 is 0. The molecule has 1 aromatic carbocycles. The van der Waals surface area contributed by atoms with Gasteiger partial charge in [-0.25, -0.2) is 0 Å². The highest BCUT2D eigenvalue weighted by atomic mass is 16.5. The average molecular weight is 357 g/mol. The van der Waals surface area contributed by atoms with Crippen molar-refractivity contribution in [2.24, 2.45) is 0 Å². The highest BCUT2D eigenvalue weighted by Crippen LogP contribution is 2.24. The van der Waals surface area contributed by atoms with Gasteiger partial charge in [0.2, 0.25) is 5.91 Å². The van der Waals surface area contributed by atoms with Crippen molar-refractivity contribution in [1.29, 1.82) is 0 Å². The van der Waals surface area contributed by atoms with Crippen LogP contribution >= 0.6 is 0 Å². The van der Waals surface area contributed by atoms with Crippen molar-refractivity contribution in [3.8, 4) is 0 Å². The summed E-state index contributed by atoms with van der Waals surface area (Å²) in [5, 5.41) is 14.1. The summed E-state index contributed by atoms with van der Waals surface area (Å²) in [7, 11) is 0. The van der Waals surface area contributed by atoms with E-state index in [1.807, 2.05) is 28.8 Å². The Bertz CT molecular complexity index is 700. The van der Waals surface area contributed by atoms with Crippen molar-refractivity contribution in [2.75, 3.05) is 26.3 Å². The van der Waals surface area contributed by atoms with E-state index in [0.717, 1.165) is 18.5 Å². The quantitative estimate of drug-likeness (QED) is 0.821. The molecule has 1 aromatic heterocycles. The summed E-state index contributed by atoms with van der Waals surface area (Å²) in [5.41, 5.74) is 1.59. The first kappa shape index (κ1) is 18.6. The van der Waals surface area contributed by atoms with Gasteiger partial charge in [0, 0.05) is 38.3 Å². The van der Waals surface area contributed by atoms with Crippen molar-refractivity contribution >= 4 is 5.91 Å². The third-order valence-corrected chi connectivity index (χ3v) is 4.87. The van der Waals surface area contributed by atoms with Gasteiger partial charge < -0.3 is 14.7 Å². The number of aliphatic hydroxyl groups is 1. The van der Waals surface area contributed by atoms with E-state index in [9.17, 15) is 9.90 Å². The van der Waals surface area contributed by atoms with Crippen LogP contribution in [0.25, 0.3) is 0 Å². The zero-order valence-corrected chi connectivity index (χ0v) is 15.3. The molecular weight excluding hydrogens is 330 g/mol. The van der Waals surface area contributed by atoms with E-state index in [1.54, 1.807) is 6.20 Å². The summed E-state index contributed by atoms with van der Waals surface area (Å²) in [6.07, 6.45) is 5.47. The number of rotatable bonds is 7. The number of carbonyl (C=O) groups excluding carboxylic acids is 1. The van der Waals surface area contributed by atoms with Gasteiger partial charge in [0.05, 0.1) is 19.8 Å². The molecule has 1 amide bonds. The van der Waals surface area contributed by atoms with Crippen LogP contribution in [0.3, 0.4) is 0 Å². The van der Waals surface area contributed by atoms with Gasteiger partial charge in [-0.1, -0.05) is 29.8 Å². The zero-order chi connectivity index (χ0) is 18.4. The van der Waals surface area contributed by atoms with Crippen molar-refractivity contribution in [1.82, 2.24) is 14.7 Å². The molecule has 0 radical (unpaired) electrons. The van der Waals surface area contributed by atoms with Gasteiger partial charge in [-0.05, 0) is 25.0 Å². The van der Waals surface area contributed by atoms with E-state index in [1.165, 1.54) is 5.56 Å². The Balaban J connectivity index is 1.57. The number of aryl methyl sites for hydroxylation is 2. The van der Waals surface area contributed by atoms with Crippen LogP contribution in [0.4, 0.5) is 0 Å². The van der Waals surface area contributed by atoms with Crippen molar-refractivity contribution in [2.45, 2.75) is 38.3 Å². The number of amides is 1. The molecule has 1 atom stereocenters. The van der Waals surface area contributed by atoms with Crippen LogP contribution in [0.15, 0.2) is 42.7 Å². The van der Waals surface area contributed by atoms with E-state index in [-0.39, 0.29) is 12.5 Å². The molecule has 140 valence electrons. The van der Waals surface area contributed by atoms with Crippen LogP contribution in [-0.4, -0.2) is 57.6 Å². The number of hydrogen-bond acceptors (Lipinski definition) is 4. The summed E-state index contributed by atoms with van der Waals surface area (Å²) in [4.78, 5) is 14.4. The number of nitrogens with zero attached hydrogens (tertiary/aromatic N) is 3. The monoisotopic (exact) mass is 357 g/mol. The molecule has 1 N–H and O–H groups in total. The van der Waals surface area contributed by atoms with E-state index < -0.39 is 5.60 Å². The Kier molecular flexibility index (Phi) is 6.06. The Morgan fingerprint density at radius 3 is 2.85 bits per heavy atom. The second-order valence-electron chi connectivity index (χ2n) is 7.04. The number of benzene rings is 1. The van der Waals surface area contributed by atoms with Gasteiger partial charge in [-0.15, -0.1) is 0 Å². The van der Waals surface area contributed by atoms with Gasteiger partial charge in [0.25, 0.3) is 0 Å². The smallest absolute Gasteiger partial charge is 0.222 e. The second kappa shape index (κ2) is 8.47. The first-order valence-corrected chi connectivity index (χ1v) is 9.16. The SMILES string of the molecule is Cc1ccc(C[C@]2(CO)CN(C(=O)CCCn3cccn3)CCO2)cc1. The summed E-state index contributed by atoms with van der Waals surface area (Å²) < 4.78 is 7.77. The highest BCUT2D eigenvalue weighted by molar-refractivity contribution is 5.76. The van der Waals surface area contributed by atoms with Gasteiger partial charge in [-0.2, -0.15) is 5.10 Å². The predicted octanol–water partition coefficient (Wildman–Crippen LogP) is 1.80. The topological polar surface area (TPSA) is 67.6 Å². The predicted molar refractivity (Wildman–Crippen MR) is 98.7 cm³/mol. The van der Waals surface area contributed by atoms with Crippen molar-refractivity contribution in [3.05, 3.63) is 53.9 Å². The van der Waals surface area contributed by atoms with E-state index in [0.29, 0.717) is 32.5 Å². The van der Waals surface area contributed by atoms with Crippen LogP contribution in [0, 0.1) is 6.92 Å². The maximum absolute atomic E-state index is 12.6. The number of aliphatic hydroxyl groups excluding tert-OH is 1. The number of aromatic nitrogens is 2. The molecule has 0 bridgehead atoms. The molecule has 1 aliphatic rings. The number of ether oxygens (including phenoxy) is 1. The maximum atomic E-state index is 12.6. The largest absolute Gasteiger partial charge is 0.393 e. The molecule has 0 spiro atoms. The van der Waals surface area contributed by atoms with E-state index in [4.69, 9.17) is 4.74 Å². The third kappa shape index (κ3) is 4.71. The molecule has 1 fully saturated rings. The number of carbonyl (C=O) groups is 1. The molecule has 0 unspecified atom stereocenters. The molecule has 2 aromatic rings. The Hall–Kier alpha value is -2.18. The lowest BCUT2D eigenvalue weighted by molar-refractivity contribution is -0.158. The van der Waals surface area contributed by atoms with Gasteiger partial charge in [0.1, 0.15) is 5.60 Å². The normalized spacial score (nSPS) is 20.3. The van der Waals surface area contributed by atoms with Crippen molar-refractivity contribution in [3.63, 3.8) is 0 Å². The second-order valence-corrected chi connectivity index (χ2v) is 7.04. The molecule has 1 aliphatic heterocycles. The molecule has 1 saturated heterocycles. The fourth-order valence-corrected chi connectivity index (χ4v) is 3.38. The molecule has 6 heteroatoms. The Morgan fingerprint density at radius 1 is 1.35 bits per heavy atom. The molecule has 3 rings (SSSR count). The fraction of sp³-hybridized carbons (Fsp3) is 0.500. The summed E-state index contributed by atoms with van der Waals surface area (Å²) in [6.45, 7) is 4.15. The van der Waals surface area contributed by atoms with Crippen LogP contribution in [-0.2, 0) is 22.5 Å². The minimum absolute atomic E-state index is 0.0993. The van der Waals surface area contributed by atoms with E-state index >= 15 is 0 Å². The van der Waals surface area contributed by atoms with Crippen LogP contribution in [0.1, 0.15) is 24.0 Å². The first-order valence-electron chi connectivity index (χ1n) is 9.16. The van der Waals surface area contributed by atoms with E-state index in [2.05, 4.69) is 29.4 Å². The zero-order valence-electron chi connectivity index (χ0n) is 15.3. The Labute approximate surface area is 154 Å². The van der Waals surface area contributed by atoms with Gasteiger partial charge in [-0.3, -0.25) is 9.48 Å². The van der Waals surface area contributed by atoms with Crippen LogP contribution in [0.2, 0.25) is 0 Å². The van der Waals surface area contributed by atoms with Gasteiger partial charge >= 0.3 is 0 Å². The molecule has 26 heavy (non-hydrogen) atoms. The minimum Gasteiger partial charge on any atom is -0.393 e. The first-order chi connectivity index (χ1) is 12.6. The van der Waals surface area contributed by atoms with Crippen LogP contribution < -0.4 is 0 Å². The maximum Gasteiger partial charge on any atom is 0.222 e. The standard InChI is InChI=1S/C20H27N3O3/c1-17-5-7-18(8-6-17)14-20(16-24)15-22(12-13-26-20)19(25)4-2-10-23-11-3-9-21-23/h3,5-9,11,24H,2,4,10,12-16H2,1H3/t20-/m1/s1. The summed E-state index contributed by atoms with van der Waals surface area (Å²) in [5.74, 6) is 0.113. The average Bonchev–Trinajstić information content (AvgIpc) is 3.17. The summed E-state index contributed by atoms with van der Waals surface area (Å²) in [6, 6.07) is 10.1. The number of hydrogen-bond donors (Lipinski definition) is 1. The molecule has 6 nitrogen and oxygen atoms in total.